The zero-order valence-corrected chi connectivity index (χ0v) is 10.2. The molecule has 1 N–H and O–H groups in total. The number of terminal acetylenes is 1. The van der Waals surface area contributed by atoms with Gasteiger partial charge in [-0.3, -0.25) is 9.69 Å². The molecule has 1 saturated heterocycles. The molecule has 16 heavy (non-hydrogen) atoms. The Morgan fingerprint density at radius 2 is 2.31 bits per heavy atom. The first kappa shape index (κ1) is 13.1. The van der Waals surface area contributed by atoms with E-state index in [-0.39, 0.29) is 11.5 Å². The highest BCUT2D eigenvalue weighted by Crippen LogP contribution is 2.35. The molecule has 0 aliphatic carbocycles. The predicted molar refractivity (Wildman–Crippen MR) is 64.1 cm³/mol. The van der Waals surface area contributed by atoms with Gasteiger partial charge in [-0.05, 0) is 37.8 Å². The lowest BCUT2D eigenvalue weighted by Gasteiger charge is -2.44. The van der Waals surface area contributed by atoms with Crippen molar-refractivity contribution in [2.75, 3.05) is 13.1 Å². The van der Waals surface area contributed by atoms with Crippen molar-refractivity contribution in [3.63, 3.8) is 0 Å². The molecule has 1 fully saturated rings. The van der Waals surface area contributed by atoms with Crippen LogP contribution in [0, 0.1) is 17.8 Å². The van der Waals surface area contributed by atoms with Gasteiger partial charge in [0.15, 0.2) is 0 Å². The number of carboxylic acids is 1. The van der Waals surface area contributed by atoms with Gasteiger partial charge in [-0.1, -0.05) is 13.8 Å². The lowest BCUT2D eigenvalue weighted by molar-refractivity contribution is -0.150. The lowest BCUT2D eigenvalue weighted by Crippen LogP contribution is -2.54. The summed E-state index contributed by atoms with van der Waals surface area (Å²) >= 11 is 0. The van der Waals surface area contributed by atoms with Gasteiger partial charge in [0.2, 0.25) is 0 Å². The van der Waals surface area contributed by atoms with E-state index in [1.165, 1.54) is 0 Å². The molecule has 1 aliphatic heterocycles. The van der Waals surface area contributed by atoms with Crippen molar-refractivity contribution in [3.8, 4) is 12.3 Å². The summed E-state index contributed by atoms with van der Waals surface area (Å²) in [6.07, 6.45) is 8.88. The van der Waals surface area contributed by atoms with E-state index in [1.807, 2.05) is 13.8 Å². The Morgan fingerprint density at radius 1 is 1.62 bits per heavy atom. The first-order valence-electron chi connectivity index (χ1n) is 5.89. The monoisotopic (exact) mass is 223 g/mol. The third-order valence-corrected chi connectivity index (χ3v) is 3.37. The molecule has 0 aromatic rings. The fraction of sp³-hybridized carbons (Fsp3) is 0.769. The van der Waals surface area contributed by atoms with E-state index in [2.05, 4.69) is 10.8 Å². The van der Waals surface area contributed by atoms with Crippen LogP contribution in [0.2, 0.25) is 0 Å². The third kappa shape index (κ3) is 2.99. The van der Waals surface area contributed by atoms with Crippen LogP contribution in [0.25, 0.3) is 0 Å². The zero-order valence-electron chi connectivity index (χ0n) is 10.2. The molecule has 1 aliphatic rings. The van der Waals surface area contributed by atoms with Gasteiger partial charge in [0.05, 0.1) is 0 Å². The third-order valence-electron chi connectivity index (χ3n) is 3.37. The highest BCUT2D eigenvalue weighted by atomic mass is 16.4. The molecule has 1 heterocycles. The Balaban J connectivity index is 2.66. The van der Waals surface area contributed by atoms with E-state index in [4.69, 9.17) is 6.42 Å². The average Bonchev–Trinajstić information content (AvgIpc) is 2.16. The summed E-state index contributed by atoms with van der Waals surface area (Å²) in [5.41, 5.74) is -0.139. The van der Waals surface area contributed by atoms with Gasteiger partial charge < -0.3 is 5.11 Å². The fourth-order valence-electron chi connectivity index (χ4n) is 2.61. The topological polar surface area (TPSA) is 40.5 Å². The lowest BCUT2D eigenvalue weighted by atomic mass is 9.76. The summed E-state index contributed by atoms with van der Waals surface area (Å²) in [4.78, 5) is 13.4. The number of unbranched alkanes of at least 4 members (excludes halogenated alkanes) is 1. The van der Waals surface area contributed by atoms with Crippen LogP contribution in [0.3, 0.4) is 0 Å². The number of likely N-dealkylation sites (tertiary alicyclic amines) is 1. The Kier molecular flexibility index (Phi) is 4.37. The van der Waals surface area contributed by atoms with Crippen molar-refractivity contribution in [2.24, 2.45) is 5.41 Å². The molecule has 3 nitrogen and oxygen atoms in total. The number of hydrogen-bond donors (Lipinski definition) is 1. The largest absolute Gasteiger partial charge is 0.480 e. The Hall–Kier alpha value is -1.01. The quantitative estimate of drug-likeness (QED) is 0.585. The summed E-state index contributed by atoms with van der Waals surface area (Å²) in [7, 11) is 0. The maximum atomic E-state index is 11.3. The number of carboxylic acid groups (broad SMARTS) is 1. The molecule has 0 bridgehead atoms. The van der Waals surface area contributed by atoms with E-state index < -0.39 is 5.97 Å². The van der Waals surface area contributed by atoms with Gasteiger partial charge in [-0.25, -0.2) is 0 Å². The van der Waals surface area contributed by atoms with Crippen LogP contribution in [0.1, 0.15) is 39.5 Å². The van der Waals surface area contributed by atoms with E-state index in [1.54, 1.807) is 0 Å². The first-order chi connectivity index (χ1) is 7.49. The van der Waals surface area contributed by atoms with Crippen LogP contribution in [0.4, 0.5) is 0 Å². The van der Waals surface area contributed by atoms with Crippen molar-refractivity contribution in [2.45, 2.75) is 45.6 Å². The van der Waals surface area contributed by atoms with Crippen LogP contribution in [-0.4, -0.2) is 35.1 Å². The summed E-state index contributed by atoms with van der Waals surface area (Å²) in [6.45, 7) is 5.76. The molecule has 1 unspecified atom stereocenters. The molecule has 0 amide bonds. The highest BCUT2D eigenvalue weighted by molar-refractivity contribution is 5.74. The second-order valence-electron chi connectivity index (χ2n) is 5.18. The standard InChI is InChI=1S/C13H21NO2/c1-4-5-6-9-14-10-7-8-13(2,3)11(14)12(15)16/h1,11H,5-10H2,2-3H3,(H,15,16). The number of carbonyl (C=O) groups is 1. The van der Waals surface area contributed by atoms with Crippen molar-refractivity contribution in [1.29, 1.82) is 0 Å². The first-order valence-corrected chi connectivity index (χ1v) is 5.89. The molecule has 0 spiro atoms. The number of aliphatic carboxylic acids is 1. The summed E-state index contributed by atoms with van der Waals surface area (Å²) < 4.78 is 0. The highest BCUT2D eigenvalue weighted by Gasteiger charge is 2.41. The van der Waals surface area contributed by atoms with Gasteiger partial charge >= 0.3 is 5.97 Å². The summed E-state index contributed by atoms with van der Waals surface area (Å²) in [5.74, 6) is 1.89. The van der Waals surface area contributed by atoms with Crippen LogP contribution >= 0.6 is 0 Å². The number of rotatable bonds is 4. The van der Waals surface area contributed by atoms with Crippen LogP contribution in [0.15, 0.2) is 0 Å². The molecule has 3 heteroatoms. The van der Waals surface area contributed by atoms with Crippen LogP contribution in [-0.2, 0) is 4.79 Å². The minimum Gasteiger partial charge on any atom is -0.480 e. The number of nitrogens with zero attached hydrogens (tertiary/aromatic N) is 1. The number of hydrogen-bond acceptors (Lipinski definition) is 2. The second kappa shape index (κ2) is 5.36. The van der Waals surface area contributed by atoms with E-state index in [0.29, 0.717) is 0 Å². The molecule has 0 radical (unpaired) electrons. The average molecular weight is 223 g/mol. The van der Waals surface area contributed by atoms with Gasteiger partial charge in [0, 0.05) is 6.42 Å². The van der Waals surface area contributed by atoms with Crippen LogP contribution < -0.4 is 0 Å². The molecule has 0 saturated carbocycles. The van der Waals surface area contributed by atoms with Crippen molar-refractivity contribution >= 4 is 5.97 Å². The van der Waals surface area contributed by atoms with Gasteiger partial charge in [-0.15, -0.1) is 12.3 Å². The Morgan fingerprint density at radius 3 is 2.88 bits per heavy atom. The predicted octanol–water partition coefficient (Wildman–Crippen LogP) is 1.98. The smallest absolute Gasteiger partial charge is 0.321 e. The van der Waals surface area contributed by atoms with E-state index in [0.717, 1.165) is 38.8 Å². The Labute approximate surface area is 97.8 Å². The minimum atomic E-state index is -0.703. The maximum absolute atomic E-state index is 11.3. The molecule has 0 aromatic heterocycles. The SMILES string of the molecule is C#CCCCN1CCCC(C)(C)C1C(=O)O. The molecule has 1 atom stereocenters. The van der Waals surface area contributed by atoms with Crippen molar-refractivity contribution in [3.05, 3.63) is 0 Å². The summed E-state index contributed by atoms with van der Waals surface area (Å²) in [5, 5.41) is 9.32. The number of piperidine rings is 1. The Bertz CT molecular complexity index is 291. The van der Waals surface area contributed by atoms with Gasteiger partial charge in [0.1, 0.15) is 6.04 Å². The van der Waals surface area contributed by atoms with Gasteiger partial charge in [-0.2, -0.15) is 0 Å². The van der Waals surface area contributed by atoms with Crippen molar-refractivity contribution < 1.29 is 9.90 Å². The molecular formula is C13H21NO2. The summed E-state index contributed by atoms with van der Waals surface area (Å²) in [6, 6.07) is -0.362. The fourth-order valence-corrected chi connectivity index (χ4v) is 2.61. The molecular weight excluding hydrogens is 202 g/mol. The van der Waals surface area contributed by atoms with Gasteiger partial charge in [0.25, 0.3) is 0 Å². The minimum absolute atomic E-state index is 0.139. The second-order valence-corrected chi connectivity index (χ2v) is 5.18. The molecule has 1 rings (SSSR count). The molecule has 0 aromatic carbocycles. The maximum Gasteiger partial charge on any atom is 0.321 e. The molecule has 90 valence electrons. The van der Waals surface area contributed by atoms with Crippen molar-refractivity contribution in [1.82, 2.24) is 4.90 Å². The normalized spacial score (nSPS) is 24.9. The van der Waals surface area contributed by atoms with E-state index in [9.17, 15) is 9.90 Å². The van der Waals surface area contributed by atoms with Crippen LogP contribution in [0.5, 0.6) is 0 Å². The van der Waals surface area contributed by atoms with E-state index >= 15 is 0 Å². The zero-order chi connectivity index (χ0) is 12.2.